The van der Waals surface area contributed by atoms with Crippen LogP contribution >= 0.6 is 0 Å². The van der Waals surface area contributed by atoms with Crippen LogP contribution in [0.1, 0.15) is 26.7 Å². The standard InChI is InChI=1S/C14H21N5O2/c1-3-10(4-2)11(20)9-15-14(21)16-13-18-17-12-7-5-6-8-19(12)13/h5-8,10-11,20H,3-4,9H2,1-2H3,(H2,15,16,18,21). The Labute approximate surface area is 123 Å². The number of aliphatic hydroxyl groups excluding tert-OH is 1. The first-order valence-electron chi connectivity index (χ1n) is 7.18. The molecule has 0 aliphatic heterocycles. The Kier molecular flexibility index (Phi) is 5.10. The van der Waals surface area contributed by atoms with Crippen molar-refractivity contribution in [2.24, 2.45) is 5.92 Å². The zero-order chi connectivity index (χ0) is 15.2. The number of aliphatic hydroxyl groups is 1. The van der Waals surface area contributed by atoms with Crippen LogP contribution in [0.15, 0.2) is 24.4 Å². The Morgan fingerprint density at radius 3 is 2.81 bits per heavy atom. The maximum atomic E-state index is 11.8. The summed E-state index contributed by atoms with van der Waals surface area (Å²) in [5, 5.41) is 23.1. The number of rotatable bonds is 6. The molecular formula is C14H21N5O2. The summed E-state index contributed by atoms with van der Waals surface area (Å²) in [6, 6.07) is 5.07. The highest BCUT2D eigenvalue weighted by Gasteiger charge is 2.16. The van der Waals surface area contributed by atoms with Gasteiger partial charge < -0.3 is 10.4 Å². The van der Waals surface area contributed by atoms with Crippen molar-refractivity contribution in [3.8, 4) is 0 Å². The molecule has 2 aromatic rings. The zero-order valence-electron chi connectivity index (χ0n) is 12.3. The van der Waals surface area contributed by atoms with Crippen LogP contribution in [0.25, 0.3) is 5.65 Å². The first kappa shape index (κ1) is 15.2. The predicted molar refractivity (Wildman–Crippen MR) is 80.1 cm³/mol. The number of aromatic nitrogens is 3. The van der Waals surface area contributed by atoms with Gasteiger partial charge in [0.25, 0.3) is 0 Å². The Morgan fingerprint density at radius 2 is 2.10 bits per heavy atom. The summed E-state index contributed by atoms with van der Waals surface area (Å²) >= 11 is 0. The number of hydrogen-bond donors (Lipinski definition) is 3. The van der Waals surface area contributed by atoms with Gasteiger partial charge in [-0.25, -0.2) is 4.79 Å². The smallest absolute Gasteiger partial charge is 0.321 e. The van der Waals surface area contributed by atoms with Crippen LogP contribution < -0.4 is 10.6 Å². The molecule has 0 spiro atoms. The van der Waals surface area contributed by atoms with Crippen LogP contribution in [-0.4, -0.2) is 38.4 Å². The molecule has 0 bridgehead atoms. The highest BCUT2D eigenvalue weighted by Crippen LogP contribution is 2.12. The number of hydrogen-bond acceptors (Lipinski definition) is 4. The monoisotopic (exact) mass is 291 g/mol. The van der Waals surface area contributed by atoms with E-state index >= 15 is 0 Å². The van der Waals surface area contributed by atoms with Crippen LogP contribution in [0.4, 0.5) is 10.7 Å². The van der Waals surface area contributed by atoms with E-state index in [9.17, 15) is 9.90 Å². The van der Waals surface area contributed by atoms with Gasteiger partial charge in [0.1, 0.15) is 0 Å². The summed E-state index contributed by atoms with van der Waals surface area (Å²) < 4.78 is 1.68. The van der Waals surface area contributed by atoms with Crippen molar-refractivity contribution in [3.63, 3.8) is 0 Å². The summed E-state index contributed by atoms with van der Waals surface area (Å²) in [6.07, 6.45) is 3.00. The van der Waals surface area contributed by atoms with E-state index in [1.54, 1.807) is 16.7 Å². The number of urea groups is 1. The van der Waals surface area contributed by atoms with Crippen molar-refractivity contribution in [1.82, 2.24) is 19.9 Å². The first-order chi connectivity index (χ1) is 10.2. The lowest BCUT2D eigenvalue weighted by molar-refractivity contribution is 0.104. The molecule has 0 saturated carbocycles. The number of nitrogens with zero attached hydrogens (tertiary/aromatic N) is 3. The first-order valence-corrected chi connectivity index (χ1v) is 7.18. The highest BCUT2D eigenvalue weighted by molar-refractivity contribution is 5.87. The summed E-state index contributed by atoms with van der Waals surface area (Å²) in [7, 11) is 0. The molecule has 0 radical (unpaired) electrons. The summed E-state index contributed by atoms with van der Waals surface area (Å²) in [4.78, 5) is 11.8. The van der Waals surface area contributed by atoms with E-state index in [-0.39, 0.29) is 12.5 Å². The number of amides is 2. The lowest BCUT2D eigenvalue weighted by Gasteiger charge is -2.20. The lowest BCUT2D eigenvalue weighted by Crippen LogP contribution is -2.38. The average molecular weight is 291 g/mol. The maximum absolute atomic E-state index is 11.8. The highest BCUT2D eigenvalue weighted by atomic mass is 16.3. The molecule has 7 heteroatoms. The fraction of sp³-hybridized carbons (Fsp3) is 0.500. The minimum atomic E-state index is -0.541. The van der Waals surface area contributed by atoms with Gasteiger partial charge in [-0.05, 0) is 18.1 Å². The fourth-order valence-corrected chi connectivity index (χ4v) is 2.27. The molecule has 0 aliphatic carbocycles. The largest absolute Gasteiger partial charge is 0.391 e. The van der Waals surface area contributed by atoms with Crippen LogP contribution in [0, 0.1) is 5.92 Å². The van der Waals surface area contributed by atoms with E-state index in [0.717, 1.165) is 12.8 Å². The third-order valence-corrected chi connectivity index (χ3v) is 3.60. The third-order valence-electron chi connectivity index (χ3n) is 3.60. The Morgan fingerprint density at radius 1 is 1.33 bits per heavy atom. The fourth-order valence-electron chi connectivity index (χ4n) is 2.27. The molecule has 0 fully saturated rings. The Bertz CT molecular complexity index is 594. The van der Waals surface area contributed by atoms with Crippen molar-refractivity contribution in [2.75, 3.05) is 11.9 Å². The van der Waals surface area contributed by atoms with Gasteiger partial charge in [-0.2, -0.15) is 0 Å². The Hall–Kier alpha value is -2.15. The van der Waals surface area contributed by atoms with Crippen LogP contribution in [0.3, 0.4) is 0 Å². The van der Waals surface area contributed by atoms with E-state index < -0.39 is 12.1 Å². The van der Waals surface area contributed by atoms with Gasteiger partial charge in [0.15, 0.2) is 5.65 Å². The SMILES string of the molecule is CCC(CC)C(O)CNC(=O)Nc1nnc2ccccn12. The number of pyridine rings is 1. The zero-order valence-corrected chi connectivity index (χ0v) is 12.3. The van der Waals surface area contributed by atoms with Crippen LogP contribution in [-0.2, 0) is 0 Å². The molecule has 2 rings (SSSR count). The van der Waals surface area contributed by atoms with Crippen LogP contribution in [0.2, 0.25) is 0 Å². The van der Waals surface area contributed by atoms with Crippen molar-refractivity contribution in [3.05, 3.63) is 24.4 Å². The van der Waals surface area contributed by atoms with E-state index in [1.165, 1.54) is 0 Å². The molecule has 21 heavy (non-hydrogen) atoms. The van der Waals surface area contributed by atoms with Gasteiger partial charge in [-0.15, -0.1) is 10.2 Å². The molecule has 2 aromatic heterocycles. The van der Waals surface area contributed by atoms with E-state index in [0.29, 0.717) is 11.6 Å². The molecule has 114 valence electrons. The van der Waals surface area contributed by atoms with Crippen molar-refractivity contribution < 1.29 is 9.90 Å². The number of fused-ring (bicyclic) bond motifs is 1. The van der Waals surface area contributed by atoms with Gasteiger partial charge >= 0.3 is 6.03 Å². The maximum Gasteiger partial charge on any atom is 0.321 e. The van der Waals surface area contributed by atoms with Crippen molar-refractivity contribution >= 4 is 17.6 Å². The minimum Gasteiger partial charge on any atom is -0.391 e. The number of nitrogens with one attached hydrogen (secondary N) is 2. The molecule has 2 amide bonds. The normalized spacial score (nSPS) is 12.6. The molecule has 1 atom stereocenters. The summed E-state index contributed by atoms with van der Waals surface area (Å²) in [6.45, 7) is 4.27. The van der Waals surface area contributed by atoms with Gasteiger partial charge in [0.05, 0.1) is 6.10 Å². The molecule has 0 saturated heterocycles. The topological polar surface area (TPSA) is 91.5 Å². The van der Waals surface area contributed by atoms with Gasteiger partial charge in [-0.1, -0.05) is 32.8 Å². The van der Waals surface area contributed by atoms with E-state index in [2.05, 4.69) is 20.8 Å². The molecule has 1 unspecified atom stereocenters. The van der Waals surface area contributed by atoms with Crippen molar-refractivity contribution in [2.45, 2.75) is 32.8 Å². The number of carbonyl (C=O) groups excluding carboxylic acids is 1. The van der Waals surface area contributed by atoms with Gasteiger partial charge in [-0.3, -0.25) is 9.72 Å². The minimum absolute atomic E-state index is 0.194. The molecule has 7 nitrogen and oxygen atoms in total. The van der Waals surface area contributed by atoms with E-state index in [1.807, 2.05) is 26.0 Å². The second-order valence-electron chi connectivity index (χ2n) is 4.93. The van der Waals surface area contributed by atoms with Crippen LogP contribution in [0.5, 0.6) is 0 Å². The summed E-state index contributed by atoms with van der Waals surface area (Å²) in [5.74, 6) is 0.541. The molecular weight excluding hydrogens is 270 g/mol. The van der Waals surface area contributed by atoms with Gasteiger partial charge in [0, 0.05) is 12.7 Å². The lowest BCUT2D eigenvalue weighted by atomic mass is 9.97. The average Bonchev–Trinajstić information content (AvgIpc) is 2.90. The second-order valence-corrected chi connectivity index (χ2v) is 4.93. The molecule has 0 aromatic carbocycles. The molecule has 2 heterocycles. The molecule has 0 aliphatic rings. The number of anilines is 1. The van der Waals surface area contributed by atoms with E-state index in [4.69, 9.17) is 0 Å². The summed E-state index contributed by atoms with van der Waals surface area (Å²) in [5.41, 5.74) is 0.657. The Balaban J connectivity index is 1.90. The predicted octanol–water partition coefficient (Wildman–Crippen LogP) is 1.65. The quantitative estimate of drug-likeness (QED) is 0.754. The van der Waals surface area contributed by atoms with Crippen molar-refractivity contribution in [1.29, 1.82) is 0 Å². The second kappa shape index (κ2) is 7.03. The van der Waals surface area contributed by atoms with Gasteiger partial charge in [0.2, 0.25) is 5.95 Å². The molecule has 3 N–H and O–H groups in total. The number of carbonyl (C=O) groups is 1. The third kappa shape index (κ3) is 3.69.